The molecule has 1 atom stereocenters. The van der Waals surface area contributed by atoms with Gasteiger partial charge in [0.15, 0.2) is 0 Å². The molecule has 0 fully saturated rings. The van der Waals surface area contributed by atoms with Crippen molar-refractivity contribution in [2.24, 2.45) is 0 Å². The van der Waals surface area contributed by atoms with Crippen LogP contribution < -0.4 is 0 Å². The van der Waals surface area contributed by atoms with Gasteiger partial charge in [-0.25, -0.2) is 0 Å². The minimum atomic E-state index is -0.797. The highest BCUT2D eigenvalue weighted by molar-refractivity contribution is 5.84. The molecule has 0 aliphatic heterocycles. The first-order valence-corrected chi connectivity index (χ1v) is 7.67. The summed E-state index contributed by atoms with van der Waals surface area (Å²) in [5.41, 5.74) is 3.19. The van der Waals surface area contributed by atoms with Crippen LogP contribution in [0, 0.1) is 0 Å². The van der Waals surface area contributed by atoms with Crippen molar-refractivity contribution in [2.45, 2.75) is 19.0 Å². The van der Waals surface area contributed by atoms with Crippen LogP contribution in [0.15, 0.2) is 60.8 Å². The Balaban J connectivity index is 1.80. The predicted molar refractivity (Wildman–Crippen MR) is 91.3 cm³/mol. The molecule has 0 amide bonds. The molecule has 3 rings (SSSR count). The maximum atomic E-state index is 11.7. The number of hydrogen-bond donors (Lipinski definition) is 2. The van der Waals surface area contributed by atoms with Crippen molar-refractivity contribution in [3.8, 4) is 0 Å². The van der Waals surface area contributed by atoms with Gasteiger partial charge in [0.2, 0.25) is 0 Å². The molecule has 0 saturated carbocycles. The normalized spacial score (nSPS) is 12.6. The Morgan fingerprint density at radius 1 is 1.13 bits per heavy atom. The van der Waals surface area contributed by atoms with Crippen molar-refractivity contribution < 1.29 is 9.90 Å². The zero-order valence-corrected chi connectivity index (χ0v) is 13.1. The average molecular weight is 308 g/mol. The van der Waals surface area contributed by atoms with Crippen molar-refractivity contribution in [1.82, 2.24) is 9.88 Å². The number of nitrogens with one attached hydrogen (secondary N) is 1. The van der Waals surface area contributed by atoms with E-state index in [1.807, 2.05) is 72.7 Å². The lowest BCUT2D eigenvalue weighted by Gasteiger charge is -2.24. The predicted octanol–water partition coefficient (Wildman–Crippen LogP) is 3.30. The summed E-state index contributed by atoms with van der Waals surface area (Å²) >= 11 is 0. The van der Waals surface area contributed by atoms with Crippen molar-refractivity contribution in [2.75, 3.05) is 7.05 Å². The van der Waals surface area contributed by atoms with E-state index in [1.165, 1.54) is 0 Å². The highest BCUT2D eigenvalue weighted by Crippen LogP contribution is 2.21. The van der Waals surface area contributed by atoms with Crippen LogP contribution in [0.25, 0.3) is 10.9 Å². The molecular weight excluding hydrogens is 288 g/mol. The van der Waals surface area contributed by atoms with Crippen LogP contribution in [-0.2, 0) is 17.8 Å². The Kier molecular flexibility index (Phi) is 4.44. The minimum absolute atomic E-state index is 0.475. The first-order chi connectivity index (χ1) is 11.1. The molecule has 4 nitrogen and oxygen atoms in total. The van der Waals surface area contributed by atoms with E-state index < -0.39 is 12.0 Å². The molecule has 0 aliphatic carbocycles. The van der Waals surface area contributed by atoms with Crippen LogP contribution in [0.1, 0.15) is 11.1 Å². The number of benzene rings is 2. The maximum absolute atomic E-state index is 11.7. The lowest BCUT2D eigenvalue weighted by Crippen LogP contribution is -2.39. The molecule has 23 heavy (non-hydrogen) atoms. The number of aliphatic carboxylic acids is 1. The Morgan fingerprint density at radius 3 is 2.57 bits per heavy atom. The number of fused-ring (bicyclic) bond motifs is 1. The summed E-state index contributed by atoms with van der Waals surface area (Å²) in [6.07, 6.45) is 2.39. The lowest BCUT2D eigenvalue weighted by atomic mass is 10.0. The lowest BCUT2D eigenvalue weighted by molar-refractivity contribution is -0.142. The van der Waals surface area contributed by atoms with Gasteiger partial charge in [-0.2, -0.15) is 0 Å². The van der Waals surface area contributed by atoms with E-state index in [0.29, 0.717) is 13.0 Å². The number of likely N-dealkylation sites (N-methyl/N-ethyl adjacent to an activating group) is 1. The number of rotatable bonds is 6. The number of H-pyrrole nitrogens is 1. The van der Waals surface area contributed by atoms with Gasteiger partial charge in [-0.3, -0.25) is 9.69 Å². The number of carboxylic acids is 1. The number of nitrogens with zero attached hydrogens (tertiary/aromatic N) is 1. The van der Waals surface area contributed by atoms with Gasteiger partial charge in [0.25, 0.3) is 0 Å². The first-order valence-electron chi connectivity index (χ1n) is 7.67. The van der Waals surface area contributed by atoms with E-state index in [9.17, 15) is 9.90 Å². The van der Waals surface area contributed by atoms with Crippen LogP contribution in [0.5, 0.6) is 0 Å². The zero-order valence-electron chi connectivity index (χ0n) is 13.1. The van der Waals surface area contributed by atoms with Crippen molar-refractivity contribution in [3.63, 3.8) is 0 Å². The van der Waals surface area contributed by atoms with Crippen LogP contribution in [0.3, 0.4) is 0 Å². The fourth-order valence-corrected chi connectivity index (χ4v) is 2.92. The smallest absolute Gasteiger partial charge is 0.321 e. The summed E-state index contributed by atoms with van der Waals surface area (Å²) < 4.78 is 0. The molecule has 0 spiro atoms. The molecule has 4 heteroatoms. The zero-order chi connectivity index (χ0) is 16.2. The summed E-state index contributed by atoms with van der Waals surface area (Å²) in [6.45, 7) is 0.611. The summed E-state index contributed by atoms with van der Waals surface area (Å²) in [4.78, 5) is 16.8. The summed E-state index contributed by atoms with van der Waals surface area (Å²) in [6, 6.07) is 17.3. The molecule has 3 aromatic rings. The Morgan fingerprint density at radius 2 is 1.83 bits per heavy atom. The third kappa shape index (κ3) is 3.43. The molecule has 0 aliphatic rings. The van der Waals surface area contributed by atoms with E-state index in [-0.39, 0.29) is 0 Å². The SMILES string of the molecule is CN(Cc1ccccc1)[C@H](Cc1c[nH]c2ccccc12)C(=O)O. The average Bonchev–Trinajstić information content (AvgIpc) is 2.96. The number of para-hydroxylation sites is 1. The van der Waals surface area contributed by atoms with E-state index in [0.717, 1.165) is 22.0 Å². The minimum Gasteiger partial charge on any atom is -0.480 e. The second-order valence-corrected chi connectivity index (χ2v) is 5.82. The van der Waals surface area contributed by atoms with E-state index in [4.69, 9.17) is 0 Å². The molecule has 118 valence electrons. The third-order valence-electron chi connectivity index (χ3n) is 4.18. The standard InChI is InChI=1S/C19H20N2O2/c1-21(13-14-7-3-2-4-8-14)18(19(22)23)11-15-12-20-17-10-6-5-9-16(15)17/h2-10,12,18,20H,11,13H2,1H3,(H,22,23)/t18-/m1/s1. The van der Waals surface area contributed by atoms with Gasteiger partial charge < -0.3 is 10.1 Å². The molecular formula is C19H20N2O2. The second kappa shape index (κ2) is 6.67. The van der Waals surface area contributed by atoms with Crippen LogP contribution in [-0.4, -0.2) is 34.0 Å². The molecule has 1 heterocycles. The second-order valence-electron chi connectivity index (χ2n) is 5.82. The van der Waals surface area contributed by atoms with Gasteiger partial charge in [-0.1, -0.05) is 48.5 Å². The number of carboxylic acid groups (broad SMARTS) is 1. The molecule has 0 saturated heterocycles. The van der Waals surface area contributed by atoms with Gasteiger partial charge >= 0.3 is 5.97 Å². The number of hydrogen-bond acceptors (Lipinski definition) is 2. The van der Waals surface area contributed by atoms with Crippen molar-refractivity contribution in [1.29, 1.82) is 0 Å². The van der Waals surface area contributed by atoms with E-state index in [1.54, 1.807) is 0 Å². The molecule has 0 unspecified atom stereocenters. The summed E-state index contributed by atoms with van der Waals surface area (Å²) in [5.74, 6) is -0.797. The van der Waals surface area contributed by atoms with Gasteiger partial charge in [-0.05, 0) is 24.2 Å². The van der Waals surface area contributed by atoms with Crippen LogP contribution >= 0.6 is 0 Å². The van der Waals surface area contributed by atoms with Crippen LogP contribution in [0.2, 0.25) is 0 Å². The first kappa shape index (κ1) is 15.3. The van der Waals surface area contributed by atoms with Crippen LogP contribution in [0.4, 0.5) is 0 Å². The molecule has 0 radical (unpaired) electrons. The monoisotopic (exact) mass is 308 g/mol. The molecule has 0 bridgehead atoms. The molecule has 1 aromatic heterocycles. The van der Waals surface area contributed by atoms with Gasteiger partial charge in [-0.15, -0.1) is 0 Å². The highest BCUT2D eigenvalue weighted by atomic mass is 16.4. The quantitative estimate of drug-likeness (QED) is 0.734. The van der Waals surface area contributed by atoms with Gasteiger partial charge in [0, 0.05) is 30.1 Å². The molecule has 2 aromatic carbocycles. The van der Waals surface area contributed by atoms with Gasteiger partial charge in [0.05, 0.1) is 0 Å². The summed E-state index contributed by atoms with van der Waals surface area (Å²) in [5, 5.41) is 10.7. The third-order valence-corrected chi connectivity index (χ3v) is 4.18. The van der Waals surface area contributed by atoms with E-state index in [2.05, 4.69) is 4.98 Å². The van der Waals surface area contributed by atoms with Gasteiger partial charge in [0.1, 0.15) is 6.04 Å². The number of carbonyl (C=O) groups is 1. The fourth-order valence-electron chi connectivity index (χ4n) is 2.92. The largest absolute Gasteiger partial charge is 0.480 e. The molecule has 2 N–H and O–H groups in total. The van der Waals surface area contributed by atoms with E-state index >= 15 is 0 Å². The number of aromatic nitrogens is 1. The van der Waals surface area contributed by atoms with Crippen molar-refractivity contribution in [3.05, 3.63) is 71.9 Å². The maximum Gasteiger partial charge on any atom is 0.321 e. The highest BCUT2D eigenvalue weighted by Gasteiger charge is 2.24. The fraction of sp³-hybridized carbons (Fsp3) is 0.211. The Hall–Kier alpha value is -2.59. The topological polar surface area (TPSA) is 56.3 Å². The van der Waals surface area contributed by atoms with Crippen molar-refractivity contribution >= 4 is 16.9 Å². The Labute approximate surface area is 135 Å². The summed E-state index contributed by atoms with van der Waals surface area (Å²) in [7, 11) is 1.86. The number of aromatic amines is 1. The Bertz CT molecular complexity index is 795.